The van der Waals surface area contributed by atoms with Crippen LogP contribution in [0.4, 0.5) is 0 Å². The number of nitrogens with zero attached hydrogens (tertiary/aromatic N) is 3. The summed E-state index contributed by atoms with van der Waals surface area (Å²) in [4.78, 5) is 21.7. The van der Waals surface area contributed by atoms with Crippen LogP contribution in [-0.2, 0) is 22.5 Å². The van der Waals surface area contributed by atoms with E-state index in [1.165, 1.54) is 11.1 Å². The van der Waals surface area contributed by atoms with Crippen LogP contribution in [0.15, 0.2) is 29.3 Å². The highest BCUT2D eigenvalue weighted by atomic mass is 16.5. The second-order valence-corrected chi connectivity index (χ2v) is 7.73. The number of carbonyl (C=O) groups is 1. The number of rotatable bonds is 7. The normalized spacial score (nSPS) is 19.6. The van der Waals surface area contributed by atoms with Gasteiger partial charge in [0.25, 0.3) is 0 Å². The number of guanidine groups is 1. The summed E-state index contributed by atoms with van der Waals surface area (Å²) in [6, 6.07) is 8.44. The lowest BCUT2D eigenvalue weighted by molar-refractivity contribution is -0.132. The van der Waals surface area contributed by atoms with Crippen LogP contribution in [0, 0.1) is 5.92 Å². The third-order valence-electron chi connectivity index (χ3n) is 5.62. The predicted octanol–water partition coefficient (Wildman–Crippen LogP) is 2.29. The van der Waals surface area contributed by atoms with Crippen molar-refractivity contribution in [2.75, 3.05) is 46.4 Å². The number of benzene rings is 1. The molecular weight excluding hydrogens is 352 g/mol. The first-order chi connectivity index (χ1) is 13.7. The number of aliphatic imine (C=N–C) groups is 1. The van der Waals surface area contributed by atoms with Gasteiger partial charge in [0.2, 0.25) is 5.91 Å². The summed E-state index contributed by atoms with van der Waals surface area (Å²) < 4.78 is 5.29. The highest BCUT2D eigenvalue weighted by molar-refractivity contribution is 5.80. The summed E-state index contributed by atoms with van der Waals surface area (Å²) in [5.41, 5.74) is 2.66. The summed E-state index contributed by atoms with van der Waals surface area (Å²) in [6.07, 6.45) is 3.47. The predicted molar refractivity (Wildman–Crippen MR) is 112 cm³/mol. The number of ether oxygens (including phenoxy) is 1. The maximum Gasteiger partial charge on any atom is 0.222 e. The van der Waals surface area contributed by atoms with Gasteiger partial charge in [-0.3, -0.25) is 9.79 Å². The average molecular weight is 387 g/mol. The molecule has 28 heavy (non-hydrogen) atoms. The molecular formula is C22H34N4O2. The van der Waals surface area contributed by atoms with Crippen molar-refractivity contribution in [2.24, 2.45) is 10.9 Å². The van der Waals surface area contributed by atoms with E-state index in [4.69, 9.17) is 9.73 Å². The molecule has 1 N–H and O–H groups in total. The molecule has 2 aliphatic heterocycles. The first-order valence-electron chi connectivity index (χ1n) is 10.6. The molecule has 2 aliphatic rings. The molecule has 0 aromatic heterocycles. The molecule has 2 heterocycles. The lowest BCUT2D eigenvalue weighted by Crippen LogP contribution is -2.40. The Morgan fingerprint density at radius 3 is 2.86 bits per heavy atom. The van der Waals surface area contributed by atoms with Gasteiger partial charge in [-0.25, -0.2) is 0 Å². The topological polar surface area (TPSA) is 57.2 Å². The first-order valence-corrected chi connectivity index (χ1v) is 10.6. The molecule has 0 spiro atoms. The van der Waals surface area contributed by atoms with E-state index in [1.54, 1.807) is 7.11 Å². The molecule has 6 heteroatoms. The van der Waals surface area contributed by atoms with Crippen LogP contribution in [0.25, 0.3) is 0 Å². The van der Waals surface area contributed by atoms with E-state index in [1.807, 2.05) is 4.90 Å². The molecule has 0 bridgehead atoms. The van der Waals surface area contributed by atoms with Crippen LogP contribution in [0.5, 0.6) is 0 Å². The van der Waals surface area contributed by atoms with Crippen molar-refractivity contribution in [3.63, 3.8) is 0 Å². The Morgan fingerprint density at radius 1 is 1.25 bits per heavy atom. The van der Waals surface area contributed by atoms with Gasteiger partial charge in [0.05, 0.1) is 6.61 Å². The molecule has 154 valence electrons. The van der Waals surface area contributed by atoms with Gasteiger partial charge in [0.1, 0.15) is 0 Å². The van der Waals surface area contributed by atoms with Gasteiger partial charge >= 0.3 is 0 Å². The minimum Gasteiger partial charge on any atom is -0.384 e. The summed E-state index contributed by atoms with van der Waals surface area (Å²) in [6.45, 7) is 8.03. The SMILES string of the molecule is CCNC(=NCCCC(=O)N1CCc2ccccc2C1)N1CCC(COC)C1. The fourth-order valence-electron chi connectivity index (χ4n) is 4.10. The molecule has 6 nitrogen and oxygen atoms in total. The first kappa shape index (κ1) is 20.6. The summed E-state index contributed by atoms with van der Waals surface area (Å²) in [5.74, 6) is 1.80. The van der Waals surface area contributed by atoms with Crippen molar-refractivity contribution in [2.45, 2.75) is 39.2 Å². The average Bonchev–Trinajstić information content (AvgIpc) is 3.18. The van der Waals surface area contributed by atoms with E-state index < -0.39 is 0 Å². The number of amides is 1. The van der Waals surface area contributed by atoms with E-state index in [9.17, 15) is 4.79 Å². The van der Waals surface area contributed by atoms with Crippen molar-refractivity contribution in [3.8, 4) is 0 Å². The van der Waals surface area contributed by atoms with Gasteiger partial charge in [0, 0.05) is 58.7 Å². The Bertz CT molecular complexity index is 676. The number of hydrogen-bond acceptors (Lipinski definition) is 3. The van der Waals surface area contributed by atoms with Crippen molar-refractivity contribution in [3.05, 3.63) is 35.4 Å². The van der Waals surface area contributed by atoms with Gasteiger partial charge in [-0.2, -0.15) is 0 Å². The van der Waals surface area contributed by atoms with Crippen LogP contribution in [0.1, 0.15) is 37.3 Å². The van der Waals surface area contributed by atoms with Crippen LogP contribution in [0.2, 0.25) is 0 Å². The van der Waals surface area contributed by atoms with E-state index in [0.29, 0.717) is 18.9 Å². The third-order valence-corrected chi connectivity index (χ3v) is 5.62. The molecule has 1 amide bonds. The van der Waals surface area contributed by atoms with Gasteiger partial charge in [-0.05, 0) is 37.3 Å². The van der Waals surface area contributed by atoms with Crippen molar-refractivity contribution in [1.29, 1.82) is 0 Å². The van der Waals surface area contributed by atoms with E-state index >= 15 is 0 Å². The second-order valence-electron chi connectivity index (χ2n) is 7.73. The summed E-state index contributed by atoms with van der Waals surface area (Å²) in [7, 11) is 1.76. The molecule has 1 unspecified atom stereocenters. The molecule has 1 aromatic carbocycles. The zero-order valence-corrected chi connectivity index (χ0v) is 17.3. The smallest absolute Gasteiger partial charge is 0.222 e. The molecule has 1 fully saturated rings. The molecule has 0 radical (unpaired) electrons. The lowest BCUT2D eigenvalue weighted by Gasteiger charge is -2.29. The highest BCUT2D eigenvalue weighted by Crippen LogP contribution is 2.19. The molecule has 3 rings (SSSR count). The van der Waals surface area contributed by atoms with Gasteiger partial charge in [-0.1, -0.05) is 24.3 Å². The minimum absolute atomic E-state index is 0.246. The largest absolute Gasteiger partial charge is 0.384 e. The Morgan fingerprint density at radius 2 is 2.07 bits per heavy atom. The molecule has 1 saturated heterocycles. The minimum atomic E-state index is 0.246. The highest BCUT2D eigenvalue weighted by Gasteiger charge is 2.24. The third kappa shape index (κ3) is 5.47. The molecule has 0 aliphatic carbocycles. The Kier molecular flexibility index (Phi) is 7.71. The van der Waals surface area contributed by atoms with Crippen LogP contribution < -0.4 is 5.32 Å². The van der Waals surface area contributed by atoms with Crippen LogP contribution in [0.3, 0.4) is 0 Å². The number of methoxy groups -OCH3 is 1. The van der Waals surface area contributed by atoms with Crippen molar-refractivity contribution < 1.29 is 9.53 Å². The lowest BCUT2D eigenvalue weighted by atomic mass is 9.99. The fourth-order valence-corrected chi connectivity index (χ4v) is 4.10. The maximum atomic E-state index is 12.6. The Labute approximate surface area is 168 Å². The van der Waals surface area contributed by atoms with Crippen molar-refractivity contribution >= 4 is 11.9 Å². The second kappa shape index (κ2) is 10.5. The van der Waals surface area contributed by atoms with Crippen molar-refractivity contribution in [1.82, 2.24) is 15.1 Å². The Hall–Kier alpha value is -2.08. The zero-order chi connectivity index (χ0) is 19.8. The number of likely N-dealkylation sites (tertiary alicyclic amines) is 1. The van der Waals surface area contributed by atoms with E-state index in [2.05, 4.69) is 41.4 Å². The number of carbonyl (C=O) groups excluding carboxylic acids is 1. The van der Waals surface area contributed by atoms with Gasteiger partial charge in [0.15, 0.2) is 5.96 Å². The Balaban J connectivity index is 1.45. The fraction of sp³-hybridized carbons (Fsp3) is 0.636. The molecule has 0 saturated carbocycles. The van der Waals surface area contributed by atoms with Crippen LogP contribution >= 0.6 is 0 Å². The standard InChI is InChI=1S/C22H34N4O2/c1-3-23-22(26-13-10-18(15-26)17-28-2)24-12-6-9-21(27)25-14-11-19-7-4-5-8-20(19)16-25/h4-5,7-8,18H,3,6,9-17H2,1-2H3,(H,23,24). The summed E-state index contributed by atoms with van der Waals surface area (Å²) >= 11 is 0. The van der Waals surface area contributed by atoms with E-state index in [-0.39, 0.29) is 5.91 Å². The van der Waals surface area contributed by atoms with Crippen LogP contribution in [-0.4, -0.2) is 68.1 Å². The van der Waals surface area contributed by atoms with E-state index in [0.717, 1.165) is 64.6 Å². The van der Waals surface area contributed by atoms with Gasteiger partial charge < -0.3 is 19.9 Å². The number of nitrogens with one attached hydrogen (secondary N) is 1. The van der Waals surface area contributed by atoms with Gasteiger partial charge in [-0.15, -0.1) is 0 Å². The monoisotopic (exact) mass is 386 g/mol. The zero-order valence-electron chi connectivity index (χ0n) is 17.3. The molecule has 1 aromatic rings. The quantitative estimate of drug-likeness (QED) is 0.444. The maximum absolute atomic E-state index is 12.6. The molecule has 1 atom stereocenters. The number of fused-ring (bicyclic) bond motifs is 1. The number of hydrogen-bond donors (Lipinski definition) is 1. The summed E-state index contributed by atoms with van der Waals surface area (Å²) in [5, 5.41) is 3.39.